The summed E-state index contributed by atoms with van der Waals surface area (Å²) in [4.78, 5) is 4.32. The van der Waals surface area contributed by atoms with E-state index in [0.29, 0.717) is 17.0 Å². The lowest BCUT2D eigenvalue weighted by Crippen LogP contribution is -1.74. The molecule has 3 aromatic rings. The zero-order chi connectivity index (χ0) is 11.8. The summed E-state index contributed by atoms with van der Waals surface area (Å²) in [6.07, 6.45) is 0. The minimum atomic E-state index is -0.00470. The van der Waals surface area contributed by atoms with Gasteiger partial charge in [0, 0.05) is 11.6 Å². The monoisotopic (exact) mass is 245 g/mol. The van der Waals surface area contributed by atoms with Crippen LogP contribution in [-0.4, -0.2) is 10.1 Å². The van der Waals surface area contributed by atoms with Crippen LogP contribution in [0.4, 0.5) is 0 Å². The second-order valence-electron chi connectivity index (χ2n) is 3.66. The molecule has 2 aromatic carbocycles. The van der Waals surface area contributed by atoms with Crippen LogP contribution < -0.4 is 0 Å². The van der Waals surface area contributed by atoms with Gasteiger partial charge in [0.05, 0.1) is 5.02 Å². The number of phenolic OH excluding ortho intramolecular Hbond substituents is 1. The number of nitrogens with zero attached hydrogens (tertiary/aromatic N) is 1. The Kier molecular flexibility index (Phi) is 2.27. The molecule has 0 saturated heterocycles. The number of hydrogen-bond donors (Lipinski definition) is 1. The Balaban J connectivity index is 2.21. The topological polar surface area (TPSA) is 46.3 Å². The molecule has 3 rings (SSSR count). The maximum Gasteiger partial charge on any atom is 0.227 e. The van der Waals surface area contributed by atoms with Crippen LogP contribution in [0.1, 0.15) is 0 Å². The standard InChI is InChI=1S/C13H8ClNO2/c14-9-6-10-12(7-11(9)16)17-13(15-10)8-4-2-1-3-5-8/h1-7,16H. The molecule has 0 unspecified atom stereocenters. The van der Waals surface area contributed by atoms with Crippen LogP contribution in [0.3, 0.4) is 0 Å². The summed E-state index contributed by atoms with van der Waals surface area (Å²) in [5, 5.41) is 9.75. The van der Waals surface area contributed by atoms with E-state index < -0.39 is 0 Å². The van der Waals surface area contributed by atoms with E-state index in [1.54, 1.807) is 6.07 Å². The number of benzene rings is 2. The van der Waals surface area contributed by atoms with Gasteiger partial charge in [0.25, 0.3) is 0 Å². The van der Waals surface area contributed by atoms with Gasteiger partial charge in [-0.3, -0.25) is 0 Å². The lowest BCUT2D eigenvalue weighted by molar-refractivity contribution is 0.475. The SMILES string of the molecule is Oc1cc2oc(-c3ccccc3)nc2cc1Cl. The molecule has 1 N–H and O–H groups in total. The van der Waals surface area contributed by atoms with Crippen LogP contribution in [0.25, 0.3) is 22.6 Å². The maximum atomic E-state index is 9.48. The summed E-state index contributed by atoms with van der Waals surface area (Å²) in [7, 11) is 0. The number of halogens is 1. The zero-order valence-corrected chi connectivity index (χ0v) is 9.48. The Hall–Kier alpha value is -2.00. The van der Waals surface area contributed by atoms with E-state index in [1.165, 1.54) is 6.07 Å². The molecular formula is C13H8ClNO2. The first-order chi connectivity index (χ1) is 8.24. The van der Waals surface area contributed by atoms with Crippen molar-refractivity contribution in [2.45, 2.75) is 0 Å². The van der Waals surface area contributed by atoms with Crippen molar-refractivity contribution in [3.63, 3.8) is 0 Å². The zero-order valence-electron chi connectivity index (χ0n) is 8.72. The molecule has 1 heterocycles. The second-order valence-corrected chi connectivity index (χ2v) is 4.06. The lowest BCUT2D eigenvalue weighted by Gasteiger charge is -1.93. The van der Waals surface area contributed by atoms with Gasteiger partial charge in [0.1, 0.15) is 11.3 Å². The van der Waals surface area contributed by atoms with Gasteiger partial charge in [-0.1, -0.05) is 29.8 Å². The molecule has 0 aliphatic heterocycles. The summed E-state index contributed by atoms with van der Waals surface area (Å²) in [6.45, 7) is 0. The van der Waals surface area contributed by atoms with E-state index in [2.05, 4.69) is 4.98 Å². The molecule has 0 amide bonds. The minimum absolute atomic E-state index is 0.00470. The highest BCUT2D eigenvalue weighted by Crippen LogP contribution is 2.31. The van der Waals surface area contributed by atoms with Gasteiger partial charge in [-0.25, -0.2) is 4.98 Å². The van der Waals surface area contributed by atoms with Crippen LogP contribution in [0.2, 0.25) is 5.02 Å². The molecule has 0 radical (unpaired) electrons. The van der Waals surface area contributed by atoms with Crippen LogP contribution in [-0.2, 0) is 0 Å². The molecule has 0 fully saturated rings. The van der Waals surface area contributed by atoms with Gasteiger partial charge in [0.15, 0.2) is 5.58 Å². The molecule has 0 saturated carbocycles. The average Bonchev–Trinajstić information content (AvgIpc) is 2.74. The molecule has 0 atom stereocenters. The van der Waals surface area contributed by atoms with Gasteiger partial charge < -0.3 is 9.52 Å². The van der Waals surface area contributed by atoms with Crippen molar-refractivity contribution in [1.29, 1.82) is 0 Å². The molecule has 84 valence electrons. The van der Waals surface area contributed by atoms with E-state index in [-0.39, 0.29) is 10.8 Å². The molecule has 0 bridgehead atoms. The van der Waals surface area contributed by atoms with Crippen LogP contribution in [0.15, 0.2) is 46.9 Å². The lowest BCUT2D eigenvalue weighted by atomic mass is 10.2. The Morgan fingerprint density at radius 2 is 1.88 bits per heavy atom. The molecular weight excluding hydrogens is 238 g/mol. The third kappa shape index (κ3) is 1.74. The fourth-order valence-corrected chi connectivity index (χ4v) is 1.80. The summed E-state index contributed by atoms with van der Waals surface area (Å²) in [5.74, 6) is 0.511. The molecule has 3 nitrogen and oxygen atoms in total. The van der Waals surface area contributed by atoms with Crippen molar-refractivity contribution < 1.29 is 9.52 Å². The largest absolute Gasteiger partial charge is 0.506 e. The maximum absolute atomic E-state index is 9.48. The predicted octanol–water partition coefficient (Wildman–Crippen LogP) is 3.85. The predicted molar refractivity (Wildman–Crippen MR) is 66.1 cm³/mol. The van der Waals surface area contributed by atoms with Gasteiger partial charge in [-0.05, 0) is 18.2 Å². The van der Waals surface area contributed by atoms with Gasteiger partial charge in [-0.15, -0.1) is 0 Å². The molecule has 0 spiro atoms. The third-order valence-electron chi connectivity index (χ3n) is 2.48. The Bertz CT molecular complexity index is 637. The first-order valence-electron chi connectivity index (χ1n) is 5.08. The van der Waals surface area contributed by atoms with Crippen molar-refractivity contribution in [3.8, 4) is 17.2 Å². The molecule has 17 heavy (non-hydrogen) atoms. The smallest absolute Gasteiger partial charge is 0.227 e. The van der Waals surface area contributed by atoms with Crippen molar-refractivity contribution in [1.82, 2.24) is 4.98 Å². The van der Waals surface area contributed by atoms with Gasteiger partial charge in [-0.2, -0.15) is 0 Å². The van der Waals surface area contributed by atoms with E-state index in [0.717, 1.165) is 5.56 Å². The first-order valence-corrected chi connectivity index (χ1v) is 5.46. The van der Waals surface area contributed by atoms with E-state index in [4.69, 9.17) is 16.0 Å². The van der Waals surface area contributed by atoms with E-state index >= 15 is 0 Å². The average molecular weight is 246 g/mol. The van der Waals surface area contributed by atoms with Crippen LogP contribution in [0, 0.1) is 0 Å². The number of aromatic nitrogens is 1. The molecule has 0 aliphatic carbocycles. The Morgan fingerprint density at radius 1 is 1.12 bits per heavy atom. The number of rotatable bonds is 1. The molecule has 0 aliphatic rings. The summed E-state index contributed by atoms with van der Waals surface area (Å²) in [6, 6.07) is 12.6. The van der Waals surface area contributed by atoms with Crippen molar-refractivity contribution >= 4 is 22.7 Å². The number of hydrogen-bond acceptors (Lipinski definition) is 3. The highest BCUT2D eigenvalue weighted by atomic mass is 35.5. The third-order valence-corrected chi connectivity index (χ3v) is 2.78. The van der Waals surface area contributed by atoms with Gasteiger partial charge >= 0.3 is 0 Å². The minimum Gasteiger partial charge on any atom is -0.506 e. The number of fused-ring (bicyclic) bond motifs is 1. The quantitative estimate of drug-likeness (QED) is 0.708. The number of phenols is 1. The molecule has 1 aromatic heterocycles. The van der Waals surface area contributed by atoms with Crippen LogP contribution in [0.5, 0.6) is 5.75 Å². The fourth-order valence-electron chi connectivity index (χ4n) is 1.64. The van der Waals surface area contributed by atoms with Crippen molar-refractivity contribution in [2.24, 2.45) is 0 Å². The van der Waals surface area contributed by atoms with Gasteiger partial charge in [0.2, 0.25) is 5.89 Å². The number of aromatic hydroxyl groups is 1. The normalized spacial score (nSPS) is 10.9. The molecule has 4 heteroatoms. The second kappa shape index (κ2) is 3.79. The van der Waals surface area contributed by atoms with Crippen molar-refractivity contribution in [2.75, 3.05) is 0 Å². The summed E-state index contributed by atoms with van der Waals surface area (Å²) < 4.78 is 5.56. The highest BCUT2D eigenvalue weighted by molar-refractivity contribution is 6.32. The summed E-state index contributed by atoms with van der Waals surface area (Å²) >= 11 is 5.81. The Morgan fingerprint density at radius 3 is 2.65 bits per heavy atom. The number of oxazole rings is 1. The van der Waals surface area contributed by atoms with Crippen LogP contribution >= 0.6 is 11.6 Å². The van der Waals surface area contributed by atoms with Crippen molar-refractivity contribution in [3.05, 3.63) is 47.5 Å². The first kappa shape index (κ1) is 10.2. The van der Waals surface area contributed by atoms with E-state index in [1.807, 2.05) is 30.3 Å². The highest BCUT2D eigenvalue weighted by Gasteiger charge is 2.10. The van der Waals surface area contributed by atoms with E-state index in [9.17, 15) is 5.11 Å². The summed E-state index contributed by atoms with van der Waals surface area (Å²) in [5.41, 5.74) is 2.04. The fraction of sp³-hybridized carbons (Fsp3) is 0. The Labute approximate surface area is 102 Å².